The number of likely N-dealkylation sites (N-methyl/N-ethyl adjacent to an activating group) is 1. The Morgan fingerprint density at radius 1 is 1.80 bits per heavy atom. The van der Waals surface area contributed by atoms with E-state index >= 15 is 0 Å². The average molecular weight is 225 g/mol. The van der Waals surface area contributed by atoms with Crippen molar-refractivity contribution in [2.75, 3.05) is 20.1 Å². The Balaban J connectivity index is 2.35. The Kier molecular flexibility index (Phi) is 3.06. The van der Waals surface area contributed by atoms with Crippen molar-refractivity contribution >= 4 is 8.35 Å². The third kappa shape index (κ3) is 1.59. The topological polar surface area (TPSA) is 29.0 Å². The zero-order chi connectivity index (χ0) is 10.9. The molecular formula is C11H20N3P. The van der Waals surface area contributed by atoms with Crippen molar-refractivity contribution in [2.24, 2.45) is 7.05 Å². The molecule has 1 aliphatic rings. The molecule has 0 aliphatic carbocycles. The third-order valence-corrected chi connectivity index (χ3v) is 4.63. The van der Waals surface area contributed by atoms with Gasteiger partial charge >= 0.3 is 0 Å². The summed E-state index contributed by atoms with van der Waals surface area (Å²) < 4.78 is 2.35. The summed E-state index contributed by atoms with van der Waals surface area (Å²) in [6, 6.07) is 0.509. The SMILES string of the molecule is C=CC1(c2c[pH]n2C)CNCCC1NC. The smallest absolute Gasteiger partial charge is 0.0566 e. The lowest BCUT2D eigenvalue weighted by Crippen LogP contribution is -2.57. The first-order chi connectivity index (χ1) is 7.24. The summed E-state index contributed by atoms with van der Waals surface area (Å²) in [4.78, 5) is 0. The maximum absolute atomic E-state index is 4.05. The van der Waals surface area contributed by atoms with Crippen LogP contribution in [0.2, 0.25) is 0 Å². The lowest BCUT2D eigenvalue weighted by atomic mass is 9.74. The van der Waals surface area contributed by atoms with E-state index in [0.29, 0.717) is 6.04 Å². The zero-order valence-electron chi connectivity index (χ0n) is 9.51. The lowest BCUT2D eigenvalue weighted by Gasteiger charge is -2.44. The van der Waals surface area contributed by atoms with Gasteiger partial charge in [-0.15, -0.1) is 6.58 Å². The van der Waals surface area contributed by atoms with Crippen molar-refractivity contribution < 1.29 is 0 Å². The van der Waals surface area contributed by atoms with Gasteiger partial charge < -0.3 is 15.0 Å². The highest BCUT2D eigenvalue weighted by atomic mass is 31.0. The number of hydrogen-bond donors (Lipinski definition) is 2. The fraction of sp³-hybridized carbons (Fsp3) is 0.636. The average Bonchev–Trinajstić information content (AvgIpc) is 2.27. The minimum Gasteiger partial charge on any atom is -0.340 e. The van der Waals surface area contributed by atoms with Crippen LogP contribution in [0.25, 0.3) is 0 Å². The number of rotatable bonds is 3. The Bertz CT molecular complexity index is 341. The molecule has 3 unspecified atom stereocenters. The van der Waals surface area contributed by atoms with Gasteiger partial charge in [0.15, 0.2) is 0 Å². The van der Waals surface area contributed by atoms with E-state index in [0.717, 1.165) is 27.9 Å². The van der Waals surface area contributed by atoms with Crippen LogP contribution in [0.5, 0.6) is 0 Å². The molecule has 1 saturated heterocycles. The van der Waals surface area contributed by atoms with Crippen LogP contribution in [0.15, 0.2) is 18.5 Å². The van der Waals surface area contributed by atoms with E-state index in [1.165, 1.54) is 5.69 Å². The largest absolute Gasteiger partial charge is 0.340 e. The second-order valence-electron chi connectivity index (χ2n) is 4.27. The molecule has 3 atom stereocenters. The second kappa shape index (κ2) is 4.17. The van der Waals surface area contributed by atoms with Crippen LogP contribution in [0.3, 0.4) is 0 Å². The maximum Gasteiger partial charge on any atom is 0.0566 e. The quantitative estimate of drug-likeness (QED) is 0.753. The molecule has 0 aromatic carbocycles. The predicted molar refractivity (Wildman–Crippen MR) is 67.1 cm³/mol. The highest BCUT2D eigenvalue weighted by molar-refractivity contribution is 7.26. The number of aromatic nitrogens is 1. The van der Waals surface area contributed by atoms with E-state index < -0.39 is 0 Å². The number of hydrogen-bond acceptors (Lipinski definition) is 2. The van der Waals surface area contributed by atoms with Crippen molar-refractivity contribution in [2.45, 2.75) is 17.9 Å². The first-order valence-corrected chi connectivity index (χ1v) is 6.49. The molecule has 0 saturated carbocycles. The Morgan fingerprint density at radius 3 is 3.07 bits per heavy atom. The molecule has 84 valence electrons. The highest BCUT2D eigenvalue weighted by Crippen LogP contribution is 2.36. The van der Waals surface area contributed by atoms with Crippen LogP contribution in [0.4, 0.5) is 0 Å². The lowest BCUT2D eigenvalue weighted by molar-refractivity contribution is 0.279. The molecule has 2 rings (SSSR count). The van der Waals surface area contributed by atoms with Crippen molar-refractivity contribution in [1.29, 1.82) is 0 Å². The predicted octanol–water partition coefficient (Wildman–Crippen LogP) is 1.06. The molecule has 1 aliphatic heterocycles. The Morgan fingerprint density at radius 2 is 2.60 bits per heavy atom. The van der Waals surface area contributed by atoms with Crippen molar-refractivity contribution in [1.82, 2.24) is 15.0 Å². The van der Waals surface area contributed by atoms with Crippen LogP contribution in [0, 0.1) is 0 Å². The first kappa shape index (κ1) is 11.0. The van der Waals surface area contributed by atoms with Gasteiger partial charge in [0.2, 0.25) is 0 Å². The van der Waals surface area contributed by atoms with Gasteiger partial charge in [-0.1, -0.05) is 14.4 Å². The minimum absolute atomic E-state index is 0.0903. The molecule has 15 heavy (non-hydrogen) atoms. The molecule has 0 radical (unpaired) electrons. The number of nitrogens with one attached hydrogen (secondary N) is 2. The minimum atomic E-state index is 0.0903. The van der Waals surface area contributed by atoms with E-state index in [4.69, 9.17) is 0 Å². The number of nitrogens with zero attached hydrogens (tertiary/aromatic N) is 1. The second-order valence-corrected chi connectivity index (χ2v) is 5.49. The summed E-state index contributed by atoms with van der Waals surface area (Å²) in [5.74, 6) is 2.35. The van der Waals surface area contributed by atoms with Crippen LogP contribution >= 0.6 is 8.35 Å². The van der Waals surface area contributed by atoms with Crippen LogP contribution < -0.4 is 10.6 Å². The van der Waals surface area contributed by atoms with Crippen LogP contribution in [-0.4, -0.2) is 30.5 Å². The molecule has 1 aromatic rings. The summed E-state index contributed by atoms with van der Waals surface area (Å²) in [6.45, 7) is 6.15. The van der Waals surface area contributed by atoms with Crippen molar-refractivity contribution in [3.8, 4) is 0 Å². The molecule has 3 nitrogen and oxygen atoms in total. The summed E-state index contributed by atoms with van der Waals surface area (Å²) in [5, 5.41) is 6.92. The standard InChI is InChI=1S/C11H20N3P/c1-4-11(10-7-15-14(10)3)8-13-6-5-9(11)12-2/h4,7,9,12-13,15H,1,5-6,8H2,2-3H3. The Hall–Kier alpha value is -0.500. The molecule has 0 bridgehead atoms. The molecule has 2 heterocycles. The van der Waals surface area contributed by atoms with Gasteiger partial charge in [0.1, 0.15) is 0 Å². The van der Waals surface area contributed by atoms with E-state index in [1.54, 1.807) is 0 Å². The summed E-state index contributed by atoms with van der Waals surface area (Å²) in [6.07, 6.45) is 3.28. The molecular weight excluding hydrogens is 205 g/mol. The van der Waals surface area contributed by atoms with Gasteiger partial charge in [-0.25, -0.2) is 0 Å². The molecule has 0 spiro atoms. The summed E-state index contributed by atoms with van der Waals surface area (Å²) >= 11 is 0. The zero-order valence-corrected chi connectivity index (χ0v) is 10.5. The van der Waals surface area contributed by atoms with Crippen molar-refractivity contribution in [3.63, 3.8) is 0 Å². The normalized spacial score (nSPS) is 32.3. The number of piperidine rings is 1. The summed E-state index contributed by atoms with van der Waals surface area (Å²) in [7, 11) is 5.06. The van der Waals surface area contributed by atoms with Crippen molar-refractivity contribution in [3.05, 3.63) is 24.1 Å². The number of aryl methyl sites for hydroxylation is 1. The third-order valence-electron chi connectivity index (χ3n) is 3.59. The highest BCUT2D eigenvalue weighted by Gasteiger charge is 2.41. The molecule has 2 N–H and O–H groups in total. The van der Waals surface area contributed by atoms with Gasteiger partial charge in [0.05, 0.1) is 5.41 Å². The van der Waals surface area contributed by atoms with E-state index in [9.17, 15) is 0 Å². The first-order valence-electron chi connectivity index (χ1n) is 5.46. The van der Waals surface area contributed by atoms with Gasteiger partial charge in [-0.05, 0) is 25.8 Å². The molecule has 4 heteroatoms. The van der Waals surface area contributed by atoms with E-state index in [-0.39, 0.29) is 5.41 Å². The van der Waals surface area contributed by atoms with Crippen LogP contribution in [0.1, 0.15) is 12.1 Å². The fourth-order valence-electron chi connectivity index (χ4n) is 2.62. The monoisotopic (exact) mass is 225 g/mol. The summed E-state index contributed by atoms with van der Waals surface area (Å²) in [5.41, 5.74) is 1.52. The van der Waals surface area contributed by atoms with Gasteiger partial charge in [-0.3, -0.25) is 0 Å². The van der Waals surface area contributed by atoms with Gasteiger partial charge in [0, 0.05) is 25.3 Å². The van der Waals surface area contributed by atoms with E-state index in [1.807, 2.05) is 0 Å². The maximum atomic E-state index is 4.05. The Labute approximate surface area is 93.1 Å². The molecule has 0 amide bonds. The van der Waals surface area contributed by atoms with Crippen LogP contribution in [-0.2, 0) is 12.5 Å². The molecule has 1 aromatic heterocycles. The fourth-order valence-corrected chi connectivity index (χ4v) is 3.61. The molecule has 1 fully saturated rings. The van der Waals surface area contributed by atoms with Gasteiger partial charge in [-0.2, -0.15) is 0 Å². The van der Waals surface area contributed by atoms with Gasteiger partial charge in [0.25, 0.3) is 0 Å². The van der Waals surface area contributed by atoms with E-state index in [2.05, 4.69) is 47.5 Å².